The molecule has 0 aliphatic carbocycles. The molecule has 0 unspecified atom stereocenters. The van der Waals surface area contributed by atoms with Crippen molar-refractivity contribution < 1.29 is 4.42 Å². The van der Waals surface area contributed by atoms with Crippen LogP contribution in [-0.4, -0.2) is 4.57 Å². The molecule has 0 saturated heterocycles. The number of fused-ring (bicyclic) bond motifs is 8. The van der Waals surface area contributed by atoms with Crippen molar-refractivity contribution in [3.63, 3.8) is 0 Å². The van der Waals surface area contributed by atoms with Crippen molar-refractivity contribution >= 4 is 71.6 Å². The molecule has 0 radical (unpaired) electrons. The van der Waals surface area contributed by atoms with Gasteiger partial charge in [0.25, 0.3) is 0 Å². The van der Waals surface area contributed by atoms with Crippen LogP contribution in [0.15, 0.2) is 211 Å². The average Bonchev–Trinajstić information content (AvgIpc) is 3.81. The summed E-state index contributed by atoms with van der Waals surface area (Å²) in [4.78, 5) is 2.37. The third kappa shape index (κ3) is 5.13. The van der Waals surface area contributed by atoms with Gasteiger partial charge in [-0.2, -0.15) is 0 Å². The summed E-state index contributed by atoms with van der Waals surface area (Å²) in [7, 11) is 0. The molecule has 55 heavy (non-hydrogen) atoms. The lowest BCUT2D eigenvalue weighted by Crippen LogP contribution is -2.10. The van der Waals surface area contributed by atoms with E-state index in [1.165, 1.54) is 44.1 Å². The van der Waals surface area contributed by atoms with Crippen molar-refractivity contribution in [2.24, 2.45) is 0 Å². The molecule has 0 amide bonds. The number of hydrogen-bond donors (Lipinski definition) is 0. The molecular formula is C52H34N2O. The molecule has 3 nitrogen and oxygen atoms in total. The van der Waals surface area contributed by atoms with Crippen molar-refractivity contribution in [3.05, 3.63) is 206 Å². The maximum absolute atomic E-state index is 6.51. The van der Waals surface area contributed by atoms with E-state index in [0.29, 0.717) is 0 Å². The lowest BCUT2D eigenvalue weighted by molar-refractivity contribution is 0.672. The minimum atomic E-state index is 0.905. The van der Waals surface area contributed by atoms with E-state index in [4.69, 9.17) is 4.42 Å². The fourth-order valence-corrected chi connectivity index (χ4v) is 8.39. The van der Waals surface area contributed by atoms with Gasteiger partial charge in [0, 0.05) is 49.4 Å². The number of hydrogen-bond acceptors (Lipinski definition) is 2. The van der Waals surface area contributed by atoms with Crippen molar-refractivity contribution in [1.29, 1.82) is 0 Å². The third-order valence-electron chi connectivity index (χ3n) is 11.0. The van der Waals surface area contributed by atoms with Crippen molar-refractivity contribution in [2.45, 2.75) is 0 Å². The Balaban J connectivity index is 1.05. The van der Waals surface area contributed by atoms with Gasteiger partial charge >= 0.3 is 0 Å². The van der Waals surface area contributed by atoms with Crippen LogP contribution in [0, 0.1) is 0 Å². The predicted octanol–water partition coefficient (Wildman–Crippen LogP) is 14.6. The minimum absolute atomic E-state index is 0.905. The van der Waals surface area contributed by atoms with E-state index in [0.717, 1.165) is 55.5 Å². The van der Waals surface area contributed by atoms with Gasteiger partial charge in [0.1, 0.15) is 11.2 Å². The van der Waals surface area contributed by atoms with Gasteiger partial charge in [0.05, 0.1) is 16.7 Å². The van der Waals surface area contributed by atoms with Crippen LogP contribution in [0.5, 0.6) is 0 Å². The third-order valence-corrected chi connectivity index (χ3v) is 11.0. The van der Waals surface area contributed by atoms with E-state index in [-0.39, 0.29) is 0 Å². The first kappa shape index (κ1) is 31.2. The van der Waals surface area contributed by atoms with Crippen LogP contribution in [0.1, 0.15) is 0 Å². The van der Waals surface area contributed by atoms with Crippen LogP contribution in [0.3, 0.4) is 0 Å². The summed E-state index contributed by atoms with van der Waals surface area (Å²) in [6.45, 7) is 0. The molecule has 0 bridgehead atoms. The Labute approximate surface area is 318 Å². The average molecular weight is 703 g/mol. The van der Waals surface area contributed by atoms with Crippen LogP contribution in [-0.2, 0) is 0 Å². The minimum Gasteiger partial charge on any atom is -0.455 e. The maximum Gasteiger partial charge on any atom is 0.143 e. The topological polar surface area (TPSA) is 21.3 Å². The Morgan fingerprint density at radius 3 is 1.65 bits per heavy atom. The van der Waals surface area contributed by atoms with E-state index >= 15 is 0 Å². The molecule has 0 aliphatic heterocycles. The summed E-state index contributed by atoms with van der Waals surface area (Å²) in [5, 5.41) is 6.99. The molecule has 2 aromatic heterocycles. The fourth-order valence-electron chi connectivity index (χ4n) is 8.39. The smallest absolute Gasteiger partial charge is 0.143 e. The van der Waals surface area contributed by atoms with E-state index in [2.05, 4.69) is 204 Å². The Kier molecular flexibility index (Phi) is 7.17. The number of rotatable bonds is 6. The molecular weight excluding hydrogens is 669 g/mol. The van der Waals surface area contributed by atoms with Gasteiger partial charge < -0.3 is 13.9 Å². The van der Waals surface area contributed by atoms with Crippen LogP contribution < -0.4 is 4.90 Å². The molecule has 0 atom stereocenters. The van der Waals surface area contributed by atoms with Crippen molar-refractivity contribution in [2.75, 3.05) is 4.90 Å². The second kappa shape index (κ2) is 12.6. The zero-order chi connectivity index (χ0) is 36.3. The molecule has 11 rings (SSSR count). The van der Waals surface area contributed by atoms with Crippen molar-refractivity contribution in [1.82, 2.24) is 4.57 Å². The largest absolute Gasteiger partial charge is 0.455 e. The van der Waals surface area contributed by atoms with E-state index in [1.54, 1.807) is 0 Å². The maximum atomic E-state index is 6.51. The van der Waals surface area contributed by atoms with Crippen LogP contribution in [0.4, 0.5) is 17.1 Å². The molecule has 2 heterocycles. The SMILES string of the molecule is c1ccc(-c2ccc(N(c3ccc(-c4ccc5c(c4)c4ccccc4n5-c4ccccc4)cc3)c3cccc4c3ccc3c5ccccc5oc43)cc2)cc1. The first-order valence-electron chi connectivity index (χ1n) is 18.8. The van der Waals surface area contributed by atoms with E-state index < -0.39 is 0 Å². The molecule has 0 saturated carbocycles. The zero-order valence-corrected chi connectivity index (χ0v) is 29.9. The van der Waals surface area contributed by atoms with Gasteiger partial charge in [-0.25, -0.2) is 0 Å². The summed E-state index contributed by atoms with van der Waals surface area (Å²) >= 11 is 0. The number of aromatic nitrogens is 1. The van der Waals surface area contributed by atoms with Gasteiger partial charge in [0.2, 0.25) is 0 Å². The highest BCUT2D eigenvalue weighted by Gasteiger charge is 2.19. The highest BCUT2D eigenvalue weighted by molar-refractivity contribution is 6.18. The fraction of sp³-hybridized carbons (Fsp3) is 0. The lowest BCUT2D eigenvalue weighted by Gasteiger charge is -2.27. The molecule has 258 valence electrons. The van der Waals surface area contributed by atoms with Crippen LogP contribution in [0.25, 0.3) is 82.5 Å². The number of benzene rings is 9. The van der Waals surface area contributed by atoms with Gasteiger partial charge in [-0.15, -0.1) is 0 Å². The standard InChI is InChI=1S/C52H34N2O/c1-3-12-35(13-4-1)36-22-27-40(28-23-36)53(48-20-11-18-45-43(48)31-32-46-44-17-8-10-21-51(44)55-52(45)46)41-29-24-37(25-30-41)38-26-33-50-47(34-38)42-16-7-9-19-49(42)54(50)39-14-5-2-6-15-39/h1-34H. The van der Waals surface area contributed by atoms with Gasteiger partial charge in [-0.1, -0.05) is 133 Å². The van der Waals surface area contributed by atoms with E-state index in [9.17, 15) is 0 Å². The Morgan fingerprint density at radius 1 is 0.345 bits per heavy atom. The zero-order valence-electron chi connectivity index (χ0n) is 29.9. The predicted molar refractivity (Wildman–Crippen MR) is 231 cm³/mol. The Hall–Kier alpha value is -7.36. The number of furan rings is 1. The molecule has 0 spiro atoms. The molecule has 0 fully saturated rings. The molecule has 0 N–H and O–H groups in total. The first-order valence-corrected chi connectivity index (χ1v) is 18.8. The summed E-state index contributed by atoms with van der Waals surface area (Å²) < 4.78 is 8.87. The summed E-state index contributed by atoms with van der Waals surface area (Å²) in [5.74, 6) is 0. The van der Waals surface area contributed by atoms with Gasteiger partial charge in [-0.3, -0.25) is 0 Å². The summed E-state index contributed by atoms with van der Waals surface area (Å²) in [5.41, 5.74) is 13.4. The Bertz CT molecular complexity index is 3180. The van der Waals surface area contributed by atoms with Crippen molar-refractivity contribution in [3.8, 4) is 27.9 Å². The molecule has 0 aliphatic rings. The number of nitrogens with zero attached hydrogens (tertiary/aromatic N) is 2. The van der Waals surface area contributed by atoms with Gasteiger partial charge in [-0.05, 0) is 95.1 Å². The highest BCUT2D eigenvalue weighted by atomic mass is 16.3. The number of anilines is 3. The molecule has 9 aromatic carbocycles. The highest BCUT2D eigenvalue weighted by Crippen LogP contribution is 2.43. The quantitative estimate of drug-likeness (QED) is 0.172. The summed E-state index contributed by atoms with van der Waals surface area (Å²) in [6, 6.07) is 73.9. The second-order valence-corrected chi connectivity index (χ2v) is 14.1. The monoisotopic (exact) mass is 702 g/mol. The Morgan fingerprint density at radius 2 is 0.891 bits per heavy atom. The van der Waals surface area contributed by atoms with E-state index in [1.807, 2.05) is 12.1 Å². The number of para-hydroxylation sites is 3. The molecule has 3 heteroatoms. The lowest BCUT2D eigenvalue weighted by atomic mass is 10.0. The molecule has 11 aromatic rings. The first-order chi connectivity index (χ1) is 27.3. The normalized spacial score (nSPS) is 11.6. The van der Waals surface area contributed by atoms with Gasteiger partial charge in [0.15, 0.2) is 0 Å². The van der Waals surface area contributed by atoms with Crippen LogP contribution in [0.2, 0.25) is 0 Å². The summed E-state index contributed by atoms with van der Waals surface area (Å²) in [6.07, 6.45) is 0. The van der Waals surface area contributed by atoms with Crippen LogP contribution >= 0.6 is 0 Å². The second-order valence-electron chi connectivity index (χ2n) is 14.1.